The molecule has 2 N–H and O–H groups in total. The molecule has 0 fully saturated rings. The molecule has 1 aromatic heterocycles. The summed E-state index contributed by atoms with van der Waals surface area (Å²) < 4.78 is 5.82. The van der Waals surface area contributed by atoms with Crippen LogP contribution >= 0.6 is 34.5 Å². The van der Waals surface area contributed by atoms with Gasteiger partial charge in [0.2, 0.25) is 0 Å². The summed E-state index contributed by atoms with van der Waals surface area (Å²) in [7, 11) is 0. The summed E-state index contributed by atoms with van der Waals surface area (Å²) in [4.78, 5) is 4.47. The quantitative estimate of drug-likeness (QED) is 0.867. The fraction of sp³-hybridized carbons (Fsp3) is 0.357. The van der Waals surface area contributed by atoms with E-state index in [0.29, 0.717) is 35.4 Å². The van der Waals surface area contributed by atoms with Crippen LogP contribution in [0.1, 0.15) is 23.2 Å². The van der Waals surface area contributed by atoms with E-state index in [1.165, 1.54) is 0 Å². The fourth-order valence-electron chi connectivity index (χ4n) is 1.84. The van der Waals surface area contributed by atoms with E-state index in [4.69, 9.17) is 33.7 Å². The number of thiazole rings is 1. The zero-order valence-electron chi connectivity index (χ0n) is 11.2. The standard InChI is InChI=1S/C14H16Cl2N2OS/c1-2-13-18-11(8-20-13)7-19-14-9(3-4-17)5-10(15)6-12(14)16/h5-6,8H,2-4,7,17H2,1H3. The van der Waals surface area contributed by atoms with Gasteiger partial charge in [0.15, 0.2) is 0 Å². The molecule has 0 aliphatic carbocycles. The van der Waals surface area contributed by atoms with E-state index < -0.39 is 0 Å². The van der Waals surface area contributed by atoms with Crippen molar-refractivity contribution in [3.63, 3.8) is 0 Å². The van der Waals surface area contributed by atoms with Crippen LogP contribution in [-0.2, 0) is 19.4 Å². The Hall–Kier alpha value is -0.810. The molecule has 0 amide bonds. The highest BCUT2D eigenvalue weighted by atomic mass is 35.5. The number of aromatic nitrogens is 1. The molecule has 0 saturated carbocycles. The van der Waals surface area contributed by atoms with Crippen molar-refractivity contribution >= 4 is 34.5 Å². The van der Waals surface area contributed by atoms with E-state index in [-0.39, 0.29) is 0 Å². The number of benzene rings is 1. The van der Waals surface area contributed by atoms with Crippen molar-refractivity contribution in [1.29, 1.82) is 0 Å². The van der Waals surface area contributed by atoms with Crippen molar-refractivity contribution < 1.29 is 4.74 Å². The lowest BCUT2D eigenvalue weighted by Gasteiger charge is -2.12. The molecule has 0 saturated heterocycles. The SMILES string of the molecule is CCc1nc(COc2c(Cl)cc(Cl)cc2CCN)cs1. The Morgan fingerprint density at radius 2 is 2.15 bits per heavy atom. The highest BCUT2D eigenvalue weighted by Gasteiger charge is 2.11. The topological polar surface area (TPSA) is 48.1 Å². The third kappa shape index (κ3) is 3.85. The zero-order chi connectivity index (χ0) is 14.5. The van der Waals surface area contributed by atoms with Gasteiger partial charge in [-0.1, -0.05) is 30.1 Å². The summed E-state index contributed by atoms with van der Waals surface area (Å²) in [5.41, 5.74) is 7.45. The van der Waals surface area contributed by atoms with E-state index in [1.807, 2.05) is 11.4 Å². The van der Waals surface area contributed by atoms with Crippen molar-refractivity contribution in [2.75, 3.05) is 6.54 Å². The molecule has 0 atom stereocenters. The average molecular weight is 331 g/mol. The maximum atomic E-state index is 6.20. The molecule has 1 heterocycles. The Balaban J connectivity index is 2.15. The van der Waals surface area contributed by atoms with E-state index in [2.05, 4.69) is 11.9 Å². The molecule has 2 rings (SSSR count). The first-order valence-corrected chi connectivity index (χ1v) is 8.01. The number of hydrogen-bond donors (Lipinski definition) is 1. The van der Waals surface area contributed by atoms with Gasteiger partial charge in [0.25, 0.3) is 0 Å². The van der Waals surface area contributed by atoms with Crippen LogP contribution in [0.4, 0.5) is 0 Å². The minimum absolute atomic E-state index is 0.398. The van der Waals surface area contributed by atoms with Gasteiger partial charge in [-0.05, 0) is 37.1 Å². The van der Waals surface area contributed by atoms with Crippen LogP contribution in [0.2, 0.25) is 10.0 Å². The van der Waals surface area contributed by atoms with E-state index in [0.717, 1.165) is 22.7 Å². The smallest absolute Gasteiger partial charge is 0.141 e. The van der Waals surface area contributed by atoms with Crippen LogP contribution in [0, 0.1) is 0 Å². The largest absolute Gasteiger partial charge is 0.485 e. The van der Waals surface area contributed by atoms with E-state index in [1.54, 1.807) is 17.4 Å². The molecule has 0 aliphatic rings. The molecule has 0 radical (unpaired) electrons. The Morgan fingerprint density at radius 1 is 1.35 bits per heavy atom. The van der Waals surface area contributed by atoms with Crippen molar-refractivity contribution in [3.05, 3.63) is 43.8 Å². The van der Waals surface area contributed by atoms with Gasteiger partial charge < -0.3 is 10.5 Å². The maximum absolute atomic E-state index is 6.20. The summed E-state index contributed by atoms with van der Waals surface area (Å²) in [6.07, 6.45) is 1.61. The van der Waals surface area contributed by atoms with Crippen LogP contribution in [0.15, 0.2) is 17.5 Å². The molecular weight excluding hydrogens is 315 g/mol. The van der Waals surface area contributed by atoms with Gasteiger partial charge >= 0.3 is 0 Å². The molecular formula is C14H16Cl2N2OS. The molecule has 3 nitrogen and oxygen atoms in total. The number of ether oxygens (including phenoxy) is 1. The second-order valence-corrected chi connectivity index (χ2v) is 6.08. The van der Waals surface area contributed by atoms with Crippen molar-refractivity contribution in [2.24, 2.45) is 5.73 Å². The van der Waals surface area contributed by atoms with Gasteiger partial charge in [-0.2, -0.15) is 0 Å². The first-order chi connectivity index (χ1) is 9.63. The van der Waals surface area contributed by atoms with Crippen LogP contribution in [-0.4, -0.2) is 11.5 Å². The molecule has 2 aromatic rings. The third-order valence-corrected chi connectivity index (χ3v) is 4.31. The van der Waals surface area contributed by atoms with Crippen LogP contribution in [0.5, 0.6) is 5.75 Å². The second kappa shape index (κ2) is 7.27. The van der Waals surface area contributed by atoms with Gasteiger partial charge in [-0.25, -0.2) is 4.98 Å². The zero-order valence-corrected chi connectivity index (χ0v) is 13.5. The monoisotopic (exact) mass is 330 g/mol. The van der Waals surface area contributed by atoms with Crippen molar-refractivity contribution in [1.82, 2.24) is 4.98 Å². The van der Waals surface area contributed by atoms with Crippen molar-refractivity contribution in [3.8, 4) is 5.75 Å². The Bertz CT molecular complexity index is 587. The van der Waals surface area contributed by atoms with Gasteiger partial charge in [-0.3, -0.25) is 0 Å². The summed E-state index contributed by atoms with van der Waals surface area (Å²) in [5, 5.41) is 4.21. The number of nitrogens with two attached hydrogens (primary N) is 1. The third-order valence-electron chi connectivity index (χ3n) is 2.77. The number of aryl methyl sites for hydroxylation is 1. The van der Waals surface area contributed by atoms with Gasteiger partial charge in [-0.15, -0.1) is 11.3 Å². The molecule has 0 unspecified atom stereocenters. The molecule has 108 valence electrons. The molecule has 20 heavy (non-hydrogen) atoms. The first kappa shape index (κ1) is 15.6. The van der Waals surface area contributed by atoms with Crippen LogP contribution < -0.4 is 10.5 Å². The lowest BCUT2D eigenvalue weighted by molar-refractivity contribution is 0.299. The van der Waals surface area contributed by atoms with Crippen molar-refractivity contribution in [2.45, 2.75) is 26.4 Å². The highest BCUT2D eigenvalue weighted by molar-refractivity contribution is 7.09. The number of halogens is 2. The fourth-order valence-corrected chi connectivity index (χ4v) is 3.16. The Labute approximate surface area is 132 Å². The van der Waals surface area contributed by atoms with Crippen LogP contribution in [0.3, 0.4) is 0 Å². The lowest BCUT2D eigenvalue weighted by atomic mass is 10.1. The van der Waals surface area contributed by atoms with Gasteiger partial charge in [0.05, 0.1) is 15.7 Å². The number of hydrogen-bond acceptors (Lipinski definition) is 4. The molecule has 0 aliphatic heterocycles. The molecule has 0 bridgehead atoms. The second-order valence-electron chi connectivity index (χ2n) is 4.29. The lowest BCUT2D eigenvalue weighted by Crippen LogP contribution is -2.06. The van der Waals surface area contributed by atoms with Gasteiger partial charge in [0, 0.05) is 10.4 Å². The number of rotatable bonds is 6. The first-order valence-electron chi connectivity index (χ1n) is 6.38. The van der Waals surface area contributed by atoms with E-state index in [9.17, 15) is 0 Å². The predicted molar refractivity (Wildman–Crippen MR) is 85.0 cm³/mol. The molecule has 1 aromatic carbocycles. The minimum atomic E-state index is 0.398. The summed E-state index contributed by atoms with van der Waals surface area (Å²) in [5.74, 6) is 0.646. The van der Waals surface area contributed by atoms with Gasteiger partial charge in [0.1, 0.15) is 12.4 Å². The molecule has 6 heteroatoms. The molecule has 0 spiro atoms. The Morgan fingerprint density at radius 3 is 2.80 bits per heavy atom. The normalized spacial score (nSPS) is 10.8. The highest BCUT2D eigenvalue weighted by Crippen LogP contribution is 2.33. The van der Waals surface area contributed by atoms with E-state index >= 15 is 0 Å². The van der Waals surface area contributed by atoms with Crippen LogP contribution in [0.25, 0.3) is 0 Å². The Kier molecular flexibility index (Phi) is 5.66. The maximum Gasteiger partial charge on any atom is 0.141 e. The summed E-state index contributed by atoms with van der Waals surface area (Å²) in [6.45, 7) is 3.00. The summed E-state index contributed by atoms with van der Waals surface area (Å²) >= 11 is 13.8. The minimum Gasteiger partial charge on any atom is -0.485 e. The predicted octanol–water partition coefficient (Wildman–Crippen LogP) is 4.09. The number of nitrogens with zero attached hydrogens (tertiary/aromatic N) is 1. The average Bonchev–Trinajstić information content (AvgIpc) is 2.86. The summed E-state index contributed by atoms with van der Waals surface area (Å²) in [6, 6.07) is 3.52.